The molecule has 14 heavy (non-hydrogen) atoms. The summed E-state index contributed by atoms with van der Waals surface area (Å²) >= 11 is 6.88. The molecule has 0 bridgehead atoms. The first kappa shape index (κ1) is 9.68. The molecule has 0 spiro atoms. The number of thiophene rings is 1. The van der Waals surface area contributed by atoms with Crippen molar-refractivity contribution in [2.75, 3.05) is 0 Å². The smallest absolute Gasteiger partial charge is 0.307 e. The molecule has 1 aromatic rings. The van der Waals surface area contributed by atoms with Crippen molar-refractivity contribution < 1.29 is 14.7 Å². The number of ketones is 1. The number of carboxylic acids is 1. The third-order valence-corrected chi connectivity index (χ3v) is 3.51. The third kappa shape index (κ3) is 1.67. The molecule has 1 N–H and O–H groups in total. The lowest BCUT2D eigenvalue weighted by molar-refractivity contribution is -0.138. The van der Waals surface area contributed by atoms with Gasteiger partial charge in [-0.2, -0.15) is 0 Å². The molecular weight excluding hydrogens is 224 g/mol. The Kier molecular flexibility index (Phi) is 2.33. The van der Waals surface area contributed by atoms with E-state index in [1.165, 1.54) is 11.3 Å². The second kappa shape index (κ2) is 3.37. The number of hydrogen-bond acceptors (Lipinski definition) is 3. The molecule has 0 radical (unpaired) electrons. The van der Waals surface area contributed by atoms with E-state index in [1.54, 1.807) is 12.1 Å². The zero-order valence-electron chi connectivity index (χ0n) is 7.07. The first-order valence-electron chi connectivity index (χ1n) is 4.12. The van der Waals surface area contributed by atoms with E-state index in [2.05, 4.69) is 0 Å². The van der Waals surface area contributed by atoms with Crippen LogP contribution < -0.4 is 0 Å². The molecule has 1 fully saturated rings. The summed E-state index contributed by atoms with van der Waals surface area (Å²) in [5.41, 5.74) is 0. The van der Waals surface area contributed by atoms with Crippen molar-refractivity contribution in [1.29, 1.82) is 0 Å². The van der Waals surface area contributed by atoms with E-state index >= 15 is 0 Å². The van der Waals surface area contributed by atoms with Crippen molar-refractivity contribution in [1.82, 2.24) is 0 Å². The first-order valence-corrected chi connectivity index (χ1v) is 5.31. The fourth-order valence-corrected chi connectivity index (χ4v) is 2.43. The Balaban J connectivity index is 2.08. The van der Waals surface area contributed by atoms with Crippen molar-refractivity contribution in [3.63, 3.8) is 0 Å². The highest BCUT2D eigenvalue weighted by Gasteiger charge is 2.48. The van der Waals surface area contributed by atoms with Crippen molar-refractivity contribution in [3.8, 4) is 0 Å². The minimum atomic E-state index is -0.883. The quantitative estimate of drug-likeness (QED) is 0.811. The molecule has 74 valence electrons. The minimum absolute atomic E-state index is 0.0886. The van der Waals surface area contributed by atoms with Gasteiger partial charge in [0.05, 0.1) is 15.1 Å². The predicted octanol–water partition coefficient (Wildman–Crippen LogP) is 2.30. The molecule has 2 atom stereocenters. The Morgan fingerprint density at radius 2 is 2.14 bits per heavy atom. The summed E-state index contributed by atoms with van der Waals surface area (Å²) in [6, 6.07) is 3.30. The second-order valence-electron chi connectivity index (χ2n) is 3.25. The number of carboxylic acid groups (broad SMARTS) is 1. The zero-order chi connectivity index (χ0) is 10.3. The van der Waals surface area contributed by atoms with Gasteiger partial charge < -0.3 is 5.11 Å². The van der Waals surface area contributed by atoms with Crippen LogP contribution in [0.5, 0.6) is 0 Å². The maximum absolute atomic E-state index is 11.6. The lowest BCUT2D eigenvalue weighted by Crippen LogP contribution is -2.06. The van der Waals surface area contributed by atoms with Gasteiger partial charge in [0.2, 0.25) is 0 Å². The van der Waals surface area contributed by atoms with Gasteiger partial charge in [-0.3, -0.25) is 9.59 Å². The normalized spacial score (nSPS) is 24.6. The average molecular weight is 231 g/mol. The standard InChI is InChI=1S/C9H7ClO3S/c10-7-2-1-6(14-7)8(11)4-3-5(4)9(12)13/h1-2,4-5H,3H2,(H,12,13)/t4-,5-/m0/s1. The van der Waals surface area contributed by atoms with Crippen molar-refractivity contribution in [3.05, 3.63) is 21.3 Å². The fourth-order valence-electron chi connectivity index (χ4n) is 1.39. The topological polar surface area (TPSA) is 54.4 Å². The largest absolute Gasteiger partial charge is 0.481 e. The second-order valence-corrected chi connectivity index (χ2v) is 4.97. The van der Waals surface area contributed by atoms with Crippen LogP contribution in [-0.2, 0) is 4.79 Å². The van der Waals surface area contributed by atoms with E-state index in [-0.39, 0.29) is 11.7 Å². The van der Waals surface area contributed by atoms with E-state index in [0.717, 1.165) is 0 Å². The maximum Gasteiger partial charge on any atom is 0.307 e. The first-order chi connectivity index (χ1) is 6.59. The van der Waals surface area contributed by atoms with Gasteiger partial charge in [0.1, 0.15) is 0 Å². The number of halogens is 1. The van der Waals surface area contributed by atoms with Crippen LogP contribution in [0.15, 0.2) is 12.1 Å². The van der Waals surface area contributed by atoms with Crippen LogP contribution in [0.3, 0.4) is 0 Å². The summed E-state index contributed by atoms with van der Waals surface area (Å²) < 4.78 is 0.556. The lowest BCUT2D eigenvalue weighted by atomic mass is 10.2. The van der Waals surface area contributed by atoms with Gasteiger partial charge in [-0.15, -0.1) is 11.3 Å². The molecule has 0 aliphatic heterocycles. The molecule has 1 saturated carbocycles. The molecule has 1 aliphatic rings. The van der Waals surface area contributed by atoms with Gasteiger partial charge in [-0.1, -0.05) is 11.6 Å². The number of rotatable bonds is 3. The van der Waals surface area contributed by atoms with Gasteiger partial charge in [-0.25, -0.2) is 0 Å². The number of carbonyl (C=O) groups is 2. The van der Waals surface area contributed by atoms with Crippen LogP contribution in [0.25, 0.3) is 0 Å². The molecule has 5 heteroatoms. The Morgan fingerprint density at radius 3 is 2.57 bits per heavy atom. The molecule has 3 nitrogen and oxygen atoms in total. The van der Waals surface area contributed by atoms with Crippen LogP contribution in [0.2, 0.25) is 4.34 Å². The summed E-state index contributed by atoms with van der Waals surface area (Å²) in [7, 11) is 0. The number of Topliss-reactive ketones (excluding diaryl/α,β-unsaturated/α-hetero) is 1. The predicted molar refractivity (Wildman–Crippen MR) is 52.9 cm³/mol. The third-order valence-electron chi connectivity index (χ3n) is 2.26. The van der Waals surface area contributed by atoms with E-state index < -0.39 is 11.9 Å². The summed E-state index contributed by atoms with van der Waals surface area (Å²) in [4.78, 5) is 22.7. The molecule has 2 rings (SSSR count). The highest BCUT2D eigenvalue weighted by Crippen LogP contribution is 2.42. The average Bonchev–Trinajstić information content (AvgIpc) is 2.82. The van der Waals surface area contributed by atoms with Crippen LogP contribution >= 0.6 is 22.9 Å². The van der Waals surface area contributed by atoms with Gasteiger partial charge in [-0.05, 0) is 18.6 Å². The summed E-state index contributed by atoms with van der Waals surface area (Å²) in [6.07, 6.45) is 0.462. The maximum atomic E-state index is 11.6. The van der Waals surface area contributed by atoms with E-state index in [1.807, 2.05) is 0 Å². The molecular formula is C9H7ClO3S. The van der Waals surface area contributed by atoms with Gasteiger partial charge >= 0.3 is 5.97 Å². The summed E-state index contributed by atoms with van der Waals surface area (Å²) in [6.45, 7) is 0. The SMILES string of the molecule is O=C(O)[C@H]1C[C@@H]1C(=O)c1ccc(Cl)s1. The van der Waals surface area contributed by atoms with Crippen LogP contribution in [-0.4, -0.2) is 16.9 Å². The Bertz CT molecular complexity index is 399. The van der Waals surface area contributed by atoms with E-state index in [0.29, 0.717) is 15.6 Å². The lowest BCUT2D eigenvalue weighted by Gasteiger charge is -1.92. The Hall–Kier alpha value is -0.870. The van der Waals surface area contributed by atoms with Gasteiger partial charge in [0, 0.05) is 5.92 Å². The van der Waals surface area contributed by atoms with Gasteiger partial charge in [0.15, 0.2) is 5.78 Å². The highest BCUT2D eigenvalue weighted by molar-refractivity contribution is 7.18. The minimum Gasteiger partial charge on any atom is -0.481 e. The number of carbonyl (C=O) groups excluding carboxylic acids is 1. The molecule has 1 aromatic heterocycles. The molecule has 0 aromatic carbocycles. The van der Waals surface area contributed by atoms with Gasteiger partial charge in [0.25, 0.3) is 0 Å². The summed E-state index contributed by atoms with van der Waals surface area (Å²) in [5, 5.41) is 8.65. The van der Waals surface area contributed by atoms with Crippen LogP contribution in [0.4, 0.5) is 0 Å². The Morgan fingerprint density at radius 1 is 1.43 bits per heavy atom. The number of aliphatic carboxylic acids is 1. The zero-order valence-corrected chi connectivity index (χ0v) is 8.64. The Labute approximate surface area is 89.3 Å². The summed E-state index contributed by atoms with van der Waals surface area (Å²) in [5.74, 6) is -1.79. The number of hydrogen-bond donors (Lipinski definition) is 1. The molecule has 0 saturated heterocycles. The van der Waals surface area contributed by atoms with Crippen molar-refractivity contribution >= 4 is 34.7 Å². The van der Waals surface area contributed by atoms with Crippen molar-refractivity contribution in [2.45, 2.75) is 6.42 Å². The van der Waals surface area contributed by atoms with E-state index in [9.17, 15) is 9.59 Å². The molecule has 0 amide bonds. The monoisotopic (exact) mass is 230 g/mol. The molecule has 0 unspecified atom stereocenters. The fraction of sp³-hybridized carbons (Fsp3) is 0.333. The van der Waals surface area contributed by atoms with Crippen LogP contribution in [0, 0.1) is 11.8 Å². The highest BCUT2D eigenvalue weighted by atomic mass is 35.5. The van der Waals surface area contributed by atoms with E-state index in [4.69, 9.17) is 16.7 Å². The molecule has 1 aliphatic carbocycles. The van der Waals surface area contributed by atoms with Crippen molar-refractivity contribution in [2.24, 2.45) is 11.8 Å². The molecule has 1 heterocycles. The van der Waals surface area contributed by atoms with Crippen LogP contribution in [0.1, 0.15) is 16.1 Å².